The zero-order valence-corrected chi connectivity index (χ0v) is 23.6. The van der Waals surface area contributed by atoms with Crippen molar-refractivity contribution >= 4 is 29.6 Å². The van der Waals surface area contributed by atoms with Crippen molar-refractivity contribution in [3.05, 3.63) is 0 Å². The van der Waals surface area contributed by atoms with Crippen LogP contribution in [0.2, 0.25) is 0 Å². The molecule has 5 atom stereocenters. The van der Waals surface area contributed by atoms with Crippen LogP contribution in [-0.2, 0) is 23.9 Å². The molecule has 3 rings (SSSR count). The molecule has 10 nitrogen and oxygen atoms in total. The molecular formula is C28H46N4O6. The number of hydrogen-bond donors (Lipinski definition) is 3. The van der Waals surface area contributed by atoms with Gasteiger partial charge in [-0.1, -0.05) is 65.2 Å². The van der Waals surface area contributed by atoms with Crippen molar-refractivity contribution in [1.82, 2.24) is 15.5 Å². The minimum Gasteiger partial charge on any atom is -0.444 e. The topological polar surface area (TPSA) is 148 Å². The van der Waals surface area contributed by atoms with E-state index >= 15 is 0 Å². The summed E-state index contributed by atoms with van der Waals surface area (Å²) in [6.07, 6.45) is 7.54. The van der Waals surface area contributed by atoms with Crippen molar-refractivity contribution in [3.63, 3.8) is 0 Å². The molecule has 0 aromatic carbocycles. The molecule has 2 aliphatic heterocycles. The number of ketones is 1. The van der Waals surface area contributed by atoms with E-state index in [1.54, 1.807) is 25.7 Å². The monoisotopic (exact) mass is 534 g/mol. The fraction of sp³-hybridized carbons (Fsp3) is 0.821. The molecule has 38 heavy (non-hydrogen) atoms. The highest BCUT2D eigenvalue weighted by molar-refractivity contribution is 6.37. The number of amides is 4. The van der Waals surface area contributed by atoms with E-state index < -0.39 is 47.4 Å². The first kappa shape index (κ1) is 29.9. The zero-order chi connectivity index (χ0) is 28.3. The van der Waals surface area contributed by atoms with E-state index in [9.17, 15) is 24.0 Å². The highest BCUT2D eigenvalue weighted by Crippen LogP contribution is 2.65. The highest BCUT2D eigenvalue weighted by atomic mass is 16.6. The molecule has 4 amide bonds. The highest BCUT2D eigenvalue weighted by Gasteiger charge is 2.69. The van der Waals surface area contributed by atoms with E-state index in [2.05, 4.69) is 24.5 Å². The summed E-state index contributed by atoms with van der Waals surface area (Å²) < 4.78 is 5.42. The van der Waals surface area contributed by atoms with Crippen molar-refractivity contribution in [2.24, 2.45) is 23.0 Å². The van der Waals surface area contributed by atoms with Crippen LogP contribution < -0.4 is 16.4 Å². The fourth-order valence-electron chi connectivity index (χ4n) is 6.18. The van der Waals surface area contributed by atoms with Gasteiger partial charge in [-0.15, -0.1) is 0 Å². The van der Waals surface area contributed by atoms with Crippen LogP contribution in [0.3, 0.4) is 0 Å². The molecule has 0 radical (unpaired) electrons. The largest absolute Gasteiger partial charge is 0.444 e. The Morgan fingerprint density at radius 2 is 1.53 bits per heavy atom. The quantitative estimate of drug-likeness (QED) is 0.474. The van der Waals surface area contributed by atoms with E-state index in [1.165, 1.54) is 0 Å². The van der Waals surface area contributed by atoms with E-state index in [-0.39, 0.29) is 23.2 Å². The van der Waals surface area contributed by atoms with Crippen LogP contribution in [0.1, 0.15) is 98.8 Å². The number of carbonyl (C=O) groups excluding carboxylic acids is 5. The van der Waals surface area contributed by atoms with Crippen LogP contribution in [0.25, 0.3) is 0 Å². The molecule has 214 valence electrons. The third kappa shape index (κ3) is 7.26. The molecule has 4 N–H and O–H groups in total. The van der Waals surface area contributed by atoms with Gasteiger partial charge in [0, 0.05) is 6.54 Å². The van der Waals surface area contributed by atoms with Crippen molar-refractivity contribution in [1.29, 1.82) is 0 Å². The Morgan fingerprint density at radius 1 is 0.974 bits per heavy atom. The predicted octanol–water partition coefficient (Wildman–Crippen LogP) is 2.82. The van der Waals surface area contributed by atoms with Crippen LogP contribution in [0, 0.1) is 17.3 Å². The van der Waals surface area contributed by atoms with Crippen molar-refractivity contribution < 1.29 is 28.7 Å². The lowest BCUT2D eigenvalue weighted by Crippen LogP contribution is -2.58. The number of hydrogen-bond acceptors (Lipinski definition) is 6. The number of nitrogens with two attached hydrogens (primary N) is 1. The maximum atomic E-state index is 13.9. The van der Waals surface area contributed by atoms with Gasteiger partial charge in [0.05, 0.1) is 6.04 Å². The molecule has 2 heterocycles. The van der Waals surface area contributed by atoms with Crippen LogP contribution in [-0.4, -0.2) is 64.8 Å². The predicted molar refractivity (Wildman–Crippen MR) is 142 cm³/mol. The molecule has 3 fully saturated rings. The molecule has 3 unspecified atom stereocenters. The first-order valence-electron chi connectivity index (χ1n) is 14.2. The summed E-state index contributed by atoms with van der Waals surface area (Å²) >= 11 is 0. The Hall–Kier alpha value is -2.65. The maximum Gasteiger partial charge on any atom is 0.408 e. The number of piperidine rings is 1. The standard InChI is InChI=1S/C28H46N4O6/c1-27(2,3)38-26(37)31-19-15-13-11-9-7-6-8-10-12-14-18(22(33)23(29)34)30-24(35)21-20-17(28(20,4)5)16-32(21)25(19)36/h17-21H,6-16H2,1-5H3,(H2,29,34)(H,30,35)(H,31,37)/t17?,18-,19?,20?,21-/m0/s1. The summed E-state index contributed by atoms with van der Waals surface area (Å²) in [6.45, 7) is 9.82. The normalized spacial score (nSPS) is 30.8. The van der Waals surface area contributed by atoms with Gasteiger partial charge >= 0.3 is 6.09 Å². The molecule has 0 aromatic rings. The summed E-state index contributed by atoms with van der Waals surface area (Å²) in [7, 11) is 0. The van der Waals surface area contributed by atoms with Gasteiger partial charge in [-0.2, -0.15) is 0 Å². The van der Waals surface area contributed by atoms with Gasteiger partial charge in [0.2, 0.25) is 17.6 Å². The second kappa shape index (κ2) is 12.0. The lowest BCUT2D eigenvalue weighted by molar-refractivity contribution is -0.143. The molecule has 3 aliphatic rings. The van der Waals surface area contributed by atoms with E-state index in [0.29, 0.717) is 25.8 Å². The lowest BCUT2D eigenvalue weighted by Gasteiger charge is -2.34. The molecule has 2 saturated heterocycles. The summed E-state index contributed by atoms with van der Waals surface area (Å²) in [5.74, 6) is -2.59. The van der Waals surface area contributed by atoms with Crippen molar-refractivity contribution in [3.8, 4) is 0 Å². The number of fused-ring (bicyclic) bond motifs is 3. The Labute approximate surface area is 226 Å². The van der Waals surface area contributed by atoms with Gasteiger partial charge < -0.3 is 26.0 Å². The minimum absolute atomic E-state index is 0.0694. The van der Waals surface area contributed by atoms with Gasteiger partial charge in [-0.25, -0.2) is 4.79 Å². The van der Waals surface area contributed by atoms with Crippen molar-refractivity contribution in [2.75, 3.05) is 6.54 Å². The molecule has 10 heteroatoms. The van der Waals surface area contributed by atoms with E-state index in [1.807, 2.05) is 0 Å². The van der Waals surface area contributed by atoms with Crippen molar-refractivity contribution in [2.45, 2.75) is 123 Å². The Bertz CT molecular complexity index is 927. The number of nitrogens with one attached hydrogen (secondary N) is 2. The summed E-state index contributed by atoms with van der Waals surface area (Å²) in [6, 6.07) is -2.62. The Morgan fingerprint density at radius 3 is 2.08 bits per heavy atom. The zero-order valence-electron chi connectivity index (χ0n) is 23.6. The average molecular weight is 535 g/mol. The Kier molecular flexibility index (Phi) is 9.47. The number of primary amides is 1. The fourth-order valence-corrected chi connectivity index (χ4v) is 6.18. The first-order valence-corrected chi connectivity index (χ1v) is 14.2. The van der Waals surface area contributed by atoms with Gasteiger partial charge in [0.25, 0.3) is 5.91 Å². The number of carbonyl (C=O) groups is 5. The molecular weight excluding hydrogens is 488 g/mol. The Balaban J connectivity index is 1.86. The summed E-state index contributed by atoms with van der Waals surface area (Å²) in [5, 5.41) is 5.53. The van der Waals surface area contributed by atoms with Gasteiger partial charge in [0.1, 0.15) is 17.7 Å². The van der Waals surface area contributed by atoms with Gasteiger partial charge in [-0.3, -0.25) is 19.2 Å². The van der Waals surface area contributed by atoms with Gasteiger partial charge in [0.15, 0.2) is 0 Å². The molecule has 1 saturated carbocycles. The second-order valence-electron chi connectivity index (χ2n) is 12.8. The average Bonchev–Trinajstić information content (AvgIpc) is 3.14. The molecule has 0 bridgehead atoms. The number of Topliss-reactive ketones (excluding diaryl/α,β-unsaturated/α-hetero) is 1. The SMILES string of the molecule is CC(C)(C)OC(=O)NC1CCCCCCCCCC[C@@H](C(=O)C(N)=O)NC(=O)[C@@H]2C3C(CN2C1=O)C3(C)C. The summed E-state index contributed by atoms with van der Waals surface area (Å²) in [5.41, 5.74) is 4.44. The lowest BCUT2D eigenvalue weighted by atomic mass is 9.97. The first-order chi connectivity index (χ1) is 17.7. The van der Waals surface area contributed by atoms with Gasteiger partial charge in [-0.05, 0) is 50.9 Å². The number of ether oxygens (including phenoxy) is 1. The summed E-state index contributed by atoms with van der Waals surface area (Å²) in [4.78, 5) is 65.9. The van der Waals surface area contributed by atoms with E-state index in [4.69, 9.17) is 10.5 Å². The van der Waals surface area contributed by atoms with Crippen LogP contribution in [0.15, 0.2) is 0 Å². The second-order valence-corrected chi connectivity index (χ2v) is 12.8. The van der Waals surface area contributed by atoms with Crippen LogP contribution in [0.4, 0.5) is 4.79 Å². The smallest absolute Gasteiger partial charge is 0.408 e. The van der Waals surface area contributed by atoms with Crippen LogP contribution >= 0.6 is 0 Å². The minimum atomic E-state index is -1.08. The molecule has 1 aliphatic carbocycles. The number of rotatable bonds is 3. The molecule has 0 aromatic heterocycles. The van der Waals surface area contributed by atoms with E-state index in [0.717, 1.165) is 44.9 Å². The number of nitrogens with zero attached hydrogens (tertiary/aromatic N) is 1. The molecule has 0 spiro atoms. The third-order valence-corrected chi connectivity index (χ3v) is 8.36. The van der Waals surface area contributed by atoms with Crippen LogP contribution in [0.5, 0.6) is 0 Å². The number of alkyl carbamates (subject to hydrolysis) is 1. The maximum absolute atomic E-state index is 13.9. The third-order valence-electron chi connectivity index (χ3n) is 8.36.